The van der Waals surface area contributed by atoms with Crippen molar-refractivity contribution >= 4 is 21.6 Å². The number of benzene rings is 1. The summed E-state index contributed by atoms with van der Waals surface area (Å²) in [4.78, 5) is 11.6. The van der Waals surface area contributed by atoms with Gasteiger partial charge in [0.1, 0.15) is 4.90 Å². The molecule has 0 aliphatic rings. The first-order chi connectivity index (χ1) is 8.62. The number of Topliss-reactive ketones (excluding diaryl/α,β-unsaturated/α-hetero) is 1. The lowest BCUT2D eigenvalue weighted by Crippen LogP contribution is -2.15. The van der Waals surface area contributed by atoms with E-state index in [9.17, 15) is 17.8 Å². The van der Waals surface area contributed by atoms with E-state index in [0.29, 0.717) is 0 Å². The van der Waals surface area contributed by atoms with Crippen LogP contribution < -0.4 is 5.32 Å². The van der Waals surface area contributed by atoms with Gasteiger partial charge >= 0.3 is 0 Å². The number of nitrogens with one attached hydrogen (secondary N) is 1. The van der Waals surface area contributed by atoms with Crippen LogP contribution in [-0.4, -0.2) is 24.8 Å². The molecule has 1 aromatic carbocycles. The molecule has 0 spiro atoms. The second-order valence-electron chi connectivity index (χ2n) is 5.00. The minimum Gasteiger partial charge on any atom is -0.382 e. The molecule has 106 valence electrons. The predicted molar refractivity (Wildman–Crippen MR) is 74.2 cm³/mol. The third-order valence-electron chi connectivity index (χ3n) is 2.51. The summed E-state index contributed by atoms with van der Waals surface area (Å²) in [7, 11) is -4.38. The molecule has 0 bridgehead atoms. The summed E-state index contributed by atoms with van der Waals surface area (Å²) in [6.45, 7) is 7.16. The fourth-order valence-corrected chi connectivity index (χ4v) is 2.33. The van der Waals surface area contributed by atoms with Crippen molar-refractivity contribution in [1.29, 1.82) is 0 Å². The van der Waals surface area contributed by atoms with E-state index in [0.717, 1.165) is 0 Å². The van der Waals surface area contributed by atoms with Crippen molar-refractivity contribution in [3.05, 3.63) is 23.8 Å². The van der Waals surface area contributed by atoms with Crippen molar-refractivity contribution in [2.45, 2.75) is 38.6 Å². The average molecular weight is 285 g/mol. The van der Waals surface area contributed by atoms with Crippen molar-refractivity contribution in [2.24, 2.45) is 5.92 Å². The first kappa shape index (κ1) is 15.7. The summed E-state index contributed by atoms with van der Waals surface area (Å²) in [5.41, 5.74) is 0.565. The molecule has 19 heavy (non-hydrogen) atoms. The van der Waals surface area contributed by atoms with Crippen LogP contribution in [0.1, 0.15) is 38.1 Å². The summed E-state index contributed by atoms with van der Waals surface area (Å²) in [6, 6.07) is 4.27. The molecule has 5 nitrogen and oxygen atoms in total. The smallest absolute Gasteiger partial charge is 0.296 e. The second kappa shape index (κ2) is 5.71. The van der Waals surface area contributed by atoms with Gasteiger partial charge in [-0.2, -0.15) is 8.42 Å². The van der Waals surface area contributed by atoms with Gasteiger partial charge in [0.2, 0.25) is 0 Å². The van der Waals surface area contributed by atoms with Crippen LogP contribution in [0.15, 0.2) is 23.1 Å². The van der Waals surface area contributed by atoms with E-state index >= 15 is 0 Å². The summed E-state index contributed by atoms with van der Waals surface area (Å²) in [5, 5.41) is 2.92. The molecule has 0 heterocycles. The minimum atomic E-state index is -4.38. The molecule has 0 aliphatic carbocycles. The van der Waals surface area contributed by atoms with Crippen LogP contribution in [-0.2, 0) is 10.1 Å². The van der Waals surface area contributed by atoms with E-state index in [4.69, 9.17) is 0 Å². The van der Waals surface area contributed by atoms with Gasteiger partial charge in [-0.1, -0.05) is 13.8 Å². The summed E-state index contributed by atoms with van der Waals surface area (Å²) < 4.78 is 32.0. The quantitative estimate of drug-likeness (QED) is 0.641. The number of hydrogen-bond acceptors (Lipinski definition) is 4. The number of rotatable bonds is 5. The summed E-state index contributed by atoms with van der Waals surface area (Å²) in [6.07, 6.45) is 0. The lowest BCUT2D eigenvalue weighted by Gasteiger charge is -2.14. The Morgan fingerprint density at radius 2 is 1.79 bits per heavy atom. The molecule has 0 aliphatic heterocycles. The predicted octanol–water partition coefficient (Wildman–Crippen LogP) is 2.59. The zero-order valence-corrected chi connectivity index (χ0v) is 12.3. The molecule has 6 heteroatoms. The van der Waals surface area contributed by atoms with E-state index in [1.165, 1.54) is 12.1 Å². The Balaban J connectivity index is 3.36. The Labute approximate surface area is 113 Å². The fourth-order valence-electron chi connectivity index (χ4n) is 1.65. The van der Waals surface area contributed by atoms with Crippen LogP contribution in [0.4, 0.5) is 5.69 Å². The number of anilines is 1. The molecule has 2 N–H and O–H groups in total. The Hall–Kier alpha value is -1.40. The van der Waals surface area contributed by atoms with E-state index < -0.39 is 10.1 Å². The SMILES string of the molecule is CC(C)Nc1ccc(C(=O)C(C)C)cc1S(=O)(=O)O. The van der Waals surface area contributed by atoms with Crippen LogP contribution in [0.2, 0.25) is 0 Å². The van der Waals surface area contributed by atoms with Gasteiger partial charge in [0.25, 0.3) is 10.1 Å². The zero-order chi connectivity index (χ0) is 14.8. The number of carbonyl (C=O) groups excluding carboxylic acids is 1. The maximum atomic E-state index is 11.9. The third kappa shape index (κ3) is 4.04. The van der Waals surface area contributed by atoms with Crippen molar-refractivity contribution in [1.82, 2.24) is 0 Å². The molecule has 1 rings (SSSR count). The number of carbonyl (C=O) groups is 1. The van der Waals surface area contributed by atoms with Gasteiger partial charge in [-0.15, -0.1) is 0 Å². The van der Waals surface area contributed by atoms with E-state index in [1.54, 1.807) is 19.9 Å². The summed E-state index contributed by atoms with van der Waals surface area (Å²) >= 11 is 0. The maximum Gasteiger partial charge on any atom is 0.296 e. The van der Waals surface area contributed by atoms with Crippen LogP contribution in [0.25, 0.3) is 0 Å². The highest BCUT2D eigenvalue weighted by atomic mass is 32.2. The second-order valence-corrected chi connectivity index (χ2v) is 6.39. The molecule has 0 aromatic heterocycles. The van der Waals surface area contributed by atoms with Gasteiger partial charge in [-0.3, -0.25) is 9.35 Å². The van der Waals surface area contributed by atoms with Crippen molar-refractivity contribution in [3.8, 4) is 0 Å². The van der Waals surface area contributed by atoms with Crippen LogP contribution in [0, 0.1) is 5.92 Å². The normalized spacial score (nSPS) is 11.9. The standard InChI is InChI=1S/C13H19NO4S/c1-8(2)13(15)10-5-6-11(14-9(3)4)12(7-10)19(16,17)18/h5-9,14H,1-4H3,(H,16,17,18). The van der Waals surface area contributed by atoms with Crippen molar-refractivity contribution in [3.63, 3.8) is 0 Å². The molecular formula is C13H19NO4S. The molecule has 0 amide bonds. The highest BCUT2D eigenvalue weighted by Crippen LogP contribution is 2.24. The molecule has 0 saturated carbocycles. The highest BCUT2D eigenvalue weighted by molar-refractivity contribution is 7.86. The largest absolute Gasteiger partial charge is 0.382 e. The lowest BCUT2D eigenvalue weighted by molar-refractivity contribution is 0.0939. The monoisotopic (exact) mass is 285 g/mol. The molecule has 0 fully saturated rings. The molecule has 1 aromatic rings. The molecular weight excluding hydrogens is 266 g/mol. The van der Waals surface area contributed by atoms with Gasteiger partial charge in [0, 0.05) is 17.5 Å². The van der Waals surface area contributed by atoms with Crippen molar-refractivity contribution in [2.75, 3.05) is 5.32 Å². The van der Waals surface area contributed by atoms with E-state index in [2.05, 4.69) is 5.32 Å². The third-order valence-corrected chi connectivity index (χ3v) is 3.41. The highest BCUT2D eigenvalue weighted by Gasteiger charge is 2.20. The number of ketones is 1. The first-order valence-corrected chi connectivity index (χ1v) is 7.49. The fraction of sp³-hybridized carbons (Fsp3) is 0.462. The van der Waals surface area contributed by atoms with Crippen LogP contribution in [0.3, 0.4) is 0 Å². The minimum absolute atomic E-state index is 0.00662. The van der Waals surface area contributed by atoms with Gasteiger partial charge in [-0.05, 0) is 32.0 Å². The average Bonchev–Trinajstić information content (AvgIpc) is 2.26. The molecule has 0 unspecified atom stereocenters. The van der Waals surface area contributed by atoms with Gasteiger partial charge in [-0.25, -0.2) is 0 Å². The Morgan fingerprint density at radius 1 is 1.21 bits per heavy atom. The van der Waals surface area contributed by atoms with E-state index in [1.807, 2.05) is 13.8 Å². The van der Waals surface area contributed by atoms with Gasteiger partial charge in [0.05, 0.1) is 5.69 Å². The maximum absolute atomic E-state index is 11.9. The van der Waals surface area contributed by atoms with Gasteiger partial charge in [0.15, 0.2) is 5.78 Å². The Bertz CT molecular complexity index is 576. The topological polar surface area (TPSA) is 83.5 Å². The first-order valence-electron chi connectivity index (χ1n) is 6.05. The zero-order valence-electron chi connectivity index (χ0n) is 11.5. The number of hydrogen-bond donors (Lipinski definition) is 2. The van der Waals surface area contributed by atoms with Gasteiger partial charge < -0.3 is 5.32 Å². The van der Waals surface area contributed by atoms with Crippen LogP contribution >= 0.6 is 0 Å². The Kier molecular flexibility index (Phi) is 4.70. The summed E-state index contributed by atoms with van der Waals surface area (Å²) in [5.74, 6) is -0.404. The van der Waals surface area contributed by atoms with Crippen molar-refractivity contribution < 1.29 is 17.8 Å². The lowest BCUT2D eigenvalue weighted by atomic mass is 10.0. The molecule has 0 saturated heterocycles. The Morgan fingerprint density at radius 3 is 2.21 bits per heavy atom. The van der Waals surface area contributed by atoms with E-state index in [-0.39, 0.29) is 33.9 Å². The van der Waals surface area contributed by atoms with Crippen LogP contribution in [0.5, 0.6) is 0 Å². The molecule has 0 atom stereocenters. The molecule has 0 radical (unpaired) electrons.